The summed E-state index contributed by atoms with van der Waals surface area (Å²) in [4.78, 5) is 23.6. The number of amides is 1. The van der Waals surface area contributed by atoms with E-state index >= 15 is 0 Å². The fourth-order valence-electron chi connectivity index (χ4n) is 1.73. The summed E-state index contributed by atoms with van der Waals surface area (Å²) in [5.74, 6) is -1.64. The van der Waals surface area contributed by atoms with Gasteiger partial charge >= 0.3 is 5.97 Å². The average molecular weight is 431 g/mol. The van der Waals surface area contributed by atoms with E-state index in [1.54, 1.807) is 12.1 Å². The summed E-state index contributed by atoms with van der Waals surface area (Å²) in [5, 5.41) is 2.45. The van der Waals surface area contributed by atoms with E-state index in [2.05, 4.69) is 37.2 Å². The zero-order valence-corrected chi connectivity index (χ0v) is 14.5. The molecule has 0 unspecified atom stereocenters. The van der Waals surface area contributed by atoms with Crippen molar-refractivity contribution in [2.24, 2.45) is 0 Å². The van der Waals surface area contributed by atoms with Crippen LogP contribution in [0.15, 0.2) is 45.3 Å². The van der Waals surface area contributed by atoms with E-state index in [0.29, 0.717) is 8.95 Å². The Morgan fingerprint density at radius 3 is 2.50 bits per heavy atom. The second-order valence-electron chi connectivity index (χ2n) is 4.29. The second-order valence-corrected chi connectivity index (χ2v) is 6.06. The van der Waals surface area contributed by atoms with Crippen LogP contribution in [-0.4, -0.2) is 11.9 Å². The van der Waals surface area contributed by atoms with Crippen LogP contribution in [0.2, 0.25) is 0 Å². The van der Waals surface area contributed by atoms with Crippen molar-refractivity contribution in [3.63, 3.8) is 0 Å². The fraction of sp³-hybridized carbons (Fsp3) is 0.0667. The minimum absolute atomic E-state index is 0.0392. The second kappa shape index (κ2) is 7.02. The van der Waals surface area contributed by atoms with Gasteiger partial charge in [0.15, 0.2) is 5.75 Å². The number of carbonyl (C=O) groups excluding carboxylic acids is 2. The number of nitrogens with one attached hydrogen (secondary N) is 1. The molecule has 2 aromatic carbocycles. The number of ether oxygens (including phenoxy) is 1. The summed E-state index contributed by atoms with van der Waals surface area (Å²) in [6.07, 6.45) is 0. The van der Waals surface area contributed by atoms with Gasteiger partial charge in [0.2, 0.25) is 0 Å². The Labute approximate surface area is 142 Å². The number of para-hydroxylation sites is 1. The van der Waals surface area contributed by atoms with Crippen LogP contribution in [0.4, 0.5) is 10.1 Å². The summed E-state index contributed by atoms with van der Waals surface area (Å²) in [7, 11) is 0. The monoisotopic (exact) mass is 429 g/mol. The molecule has 0 aliphatic rings. The molecule has 0 fully saturated rings. The predicted molar refractivity (Wildman–Crippen MR) is 87.5 cm³/mol. The number of hydrogen-bond acceptors (Lipinski definition) is 3. The van der Waals surface area contributed by atoms with Crippen molar-refractivity contribution in [2.75, 3.05) is 5.32 Å². The number of benzene rings is 2. The van der Waals surface area contributed by atoms with Crippen molar-refractivity contribution in [3.8, 4) is 5.75 Å². The zero-order chi connectivity index (χ0) is 16.3. The van der Waals surface area contributed by atoms with Crippen molar-refractivity contribution >= 4 is 49.4 Å². The van der Waals surface area contributed by atoms with Crippen LogP contribution in [-0.2, 0) is 4.79 Å². The van der Waals surface area contributed by atoms with Crippen LogP contribution in [0.25, 0.3) is 0 Å². The lowest BCUT2D eigenvalue weighted by atomic mass is 10.1. The zero-order valence-electron chi connectivity index (χ0n) is 11.3. The fourth-order valence-corrected chi connectivity index (χ4v) is 3.03. The molecule has 0 radical (unpaired) electrons. The molecular weight excluding hydrogens is 421 g/mol. The predicted octanol–water partition coefficient (Wildman–Crippen LogP) is 4.53. The molecule has 4 nitrogen and oxygen atoms in total. The van der Waals surface area contributed by atoms with Crippen LogP contribution in [0.1, 0.15) is 17.3 Å². The largest absolute Gasteiger partial charge is 0.425 e. The molecule has 0 spiro atoms. The van der Waals surface area contributed by atoms with Crippen LogP contribution in [0.3, 0.4) is 0 Å². The first kappa shape index (κ1) is 16.6. The molecule has 7 heteroatoms. The van der Waals surface area contributed by atoms with Gasteiger partial charge in [-0.1, -0.05) is 28.1 Å². The van der Waals surface area contributed by atoms with E-state index in [0.717, 1.165) is 0 Å². The Morgan fingerprint density at radius 1 is 1.18 bits per heavy atom. The smallest absolute Gasteiger partial charge is 0.308 e. The van der Waals surface area contributed by atoms with Gasteiger partial charge in [-0.15, -0.1) is 0 Å². The van der Waals surface area contributed by atoms with Crippen molar-refractivity contribution in [1.82, 2.24) is 0 Å². The van der Waals surface area contributed by atoms with Gasteiger partial charge in [-0.25, -0.2) is 4.39 Å². The molecule has 0 saturated heterocycles. The first-order chi connectivity index (χ1) is 10.4. The van der Waals surface area contributed by atoms with Gasteiger partial charge in [0, 0.05) is 11.4 Å². The minimum Gasteiger partial charge on any atom is -0.425 e. The number of esters is 1. The molecule has 2 rings (SSSR count). The van der Waals surface area contributed by atoms with Gasteiger partial charge in [-0.05, 0) is 40.2 Å². The van der Waals surface area contributed by atoms with Crippen molar-refractivity contribution in [1.29, 1.82) is 0 Å². The molecule has 0 heterocycles. The van der Waals surface area contributed by atoms with Crippen LogP contribution >= 0.6 is 31.9 Å². The van der Waals surface area contributed by atoms with E-state index < -0.39 is 17.7 Å². The lowest BCUT2D eigenvalue weighted by Gasteiger charge is -2.12. The standard InChI is InChI=1S/C15H10Br2FNO3/c1-8(20)22-14-10(6-9(16)7-11(14)17)15(21)19-13-5-3-2-4-12(13)18/h2-7H,1H3,(H,19,21). The van der Waals surface area contributed by atoms with E-state index in [1.807, 2.05) is 0 Å². The molecular formula is C15H10Br2FNO3. The summed E-state index contributed by atoms with van der Waals surface area (Å²) >= 11 is 6.49. The quantitative estimate of drug-likeness (QED) is 0.575. The third kappa shape index (κ3) is 3.92. The lowest BCUT2D eigenvalue weighted by Crippen LogP contribution is -2.16. The molecule has 22 heavy (non-hydrogen) atoms. The molecule has 0 bridgehead atoms. The Kier molecular flexibility index (Phi) is 5.31. The van der Waals surface area contributed by atoms with Crippen molar-refractivity contribution in [2.45, 2.75) is 6.92 Å². The summed E-state index contributed by atoms with van der Waals surface area (Å²) in [6.45, 7) is 1.23. The van der Waals surface area contributed by atoms with Gasteiger partial charge in [0.05, 0.1) is 15.7 Å². The first-order valence-corrected chi connectivity index (χ1v) is 7.70. The highest BCUT2D eigenvalue weighted by atomic mass is 79.9. The normalized spacial score (nSPS) is 10.2. The Balaban J connectivity index is 2.40. The van der Waals surface area contributed by atoms with Crippen molar-refractivity contribution in [3.05, 3.63) is 56.7 Å². The molecule has 0 aromatic heterocycles. The van der Waals surface area contributed by atoms with Crippen LogP contribution in [0.5, 0.6) is 5.75 Å². The molecule has 0 atom stereocenters. The van der Waals surface area contributed by atoms with Gasteiger partial charge in [-0.3, -0.25) is 9.59 Å². The Morgan fingerprint density at radius 2 is 1.86 bits per heavy atom. The third-order valence-corrected chi connectivity index (χ3v) is 3.67. The van der Waals surface area contributed by atoms with E-state index in [1.165, 1.54) is 31.2 Å². The number of anilines is 1. The van der Waals surface area contributed by atoms with E-state index in [9.17, 15) is 14.0 Å². The maximum absolute atomic E-state index is 13.6. The van der Waals surface area contributed by atoms with Gasteiger partial charge < -0.3 is 10.1 Å². The average Bonchev–Trinajstić information content (AvgIpc) is 2.43. The molecule has 0 aliphatic heterocycles. The van der Waals surface area contributed by atoms with E-state index in [4.69, 9.17) is 4.74 Å². The molecule has 1 N–H and O–H groups in total. The van der Waals surface area contributed by atoms with Gasteiger partial charge in [-0.2, -0.15) is 0 Å². The molecule has 1 amide bonds. The first-order valence-electron chi connectivity index (χ1n) is 6.12. The highest BCUT2D eigenvalue weighted by Crippen LogP contribution is 2.33. The number of halogens is 3. The van der Waals surface area contributed by atoms with Crippen LogP contribution < -0.4 is 10.1 Å². The van der Waals surface area contributed by atoms with Crippen LogP contribution in [0, 0.1) is 5.82 Å². The van der Waals surface area contributed by atoms with Crippen molar-refractivity contribution < 1.29 is 18.7 Å². The SMILES string of the molecule is CC(=O)Oc1c(Br)cc(Br)cc1C(=O)Nc1ccccc1F. The molecule has 0 aliphatic carbocycles. The van der Waals surface area contributed by atoms with Gasteiger partial charge in [0.1, 0.15) is 5.82 Å². The third-order valence-electron chi connectivity index (χ3n) is 2.62. The molecule has 0 saturated carbocycles. The Bertz CT molecular complexity index is 750. The highest BCUT2D eigenvalue weighted by molar-refractivity contribution is 9.11. The number of carbonyl (C=O) groups is 2. The highest BCUT2D eigenvalue weighted by Gasteiger charge is 2.19. The number of rotatable bonds is 3. The molecule has 2 aromatic rings. The topological polar surface area (TPSA) is 55.4 Å². The number of hydrogen-bond donors (Lipinski definition) is 1. The lowest BCUT2D eigenvalue weighted by molar-refractivity contribution is -0.131. The maximum Gasteiger partial charge on any atom is 0.308 e. The van der Waals surface area contributed by atoms with Gasteiger partial charge in [0.25, 0.3) is 5.91 Å². The Hall–Kier alpha value is -1.73. The maximum atomic E-state index is 13.6. The minimum atomic E-state index is -0.594. The van der Waals surface area contributed by atoms with E-state index in [-0.39, 0.29) is 17.0 Å². The summed E-state index contributed by atoms with van der Waals surface area (Å²) in [6, 6.07) is 8.91. The summed E-state index contributed by atoms with van der Waals surface area (Å²) in [5.41, 5.74) is 0.136. The summed E-state index contributed by atoms with van der Waals surface area (Å²) < 4.78 is 19.7. The molecule has 114 valence electrons.